The molecule has 0 radical (unpaired) electrons. The van der Waals surface area contributed by atoms with Gasteiger partial charge in [-0.3, -0.25) is 9.59 Å². The Balaban J connectivity index is 1.23. The number of benzene rings is 2. The fraction of sp³-hybridized carbons (Fsp3) is 0.400. The minimum absolute atomic E-state index is 0.0596. The topological polar surface area (TPSA) is 67.2 Å². The minimum Gasteiger partial charge on any atom is -0.342 e. The van der Waals surface area contributed by atoms with Gasteiger partial charge in [-0.05, 0) is 43.0 Å². The Labute approximate surface area is 182 Å². The zero-order valence-corrected chi connectivity index (χ0v) is 17.7. The second-order valence-corrected chi connectivity index (χ2v) is 8.66. The van der Waals surface area contributed by atoms with Crippen LogP contribution in [0.15, 0.2) is 48.5 Å². The van der Waals surface area contributed by atoms with Crippen LogP contribution in [0, 0.1) is 5.92 Å². The summed E-state index contributed by atoms with van der Waals surface area (Å²) in [7, 11) is 0. The molecule has 2 amide bonds. The number of carbonyl (C=O) groups is 2. The number of amides is 2. The van der Waals surface area contributed by atoms with E-state index in [1.54, 1.807) is 0 Å². The molecule has 2 aliphatic rings. The zero-order valence-electron chi connectivity index (χ0n) is 17.7. The van der Waals surface area contributed by atoms with Gasteiger partial charge < -0.3 is 14.8 Å². The molecule has 1 N–H and O–H groups in total. The molecule has 0 saturated carbocycles. The maximum absolute atomic E-state index is 12.8. The Morgan fingerprint density at radius 2 is 1.97 bits per heavy atom. The normalized spacial score (nSPS) is 18.8. The van der Waals surface area contributed by atoms with Crippen LogP contribution in [0.25, 0.3) is 11.0 Å². The van der Waals surface area contributed by atoms with Gasteiger partial charge in [0.25, 0.3) is 0 Å². The van der Waals surface area contributed by atoms with Crippen molar-refractivity contribution in [2.24, 2.45) is 5.92 Å². The van der Waals surface area contributed by atoms with Crippen molar-refractivity contribution >= 4 is 28.5 Å². The Morgan fingerprint density at radius 1 is 1.10 bits per heavy atom. The first-order chi connectivity index (χ1) is 15.2. The van der Waals surface area contributed by atoms with Gasteiger partial charge in [0, 0.05) is 38.2 Å². The van der Waals surface area contributed by atoms with Crippen molar-refractivity contribution < 1.29 is 9.59 Å². The predicted molar refractivity (Wildman–Crippen MR) is 121 cm³/mol. The van der Waals surface area contributed by atoms with Crippen molar-refractivity contribution in [3.05, 3.63) is 59.9 Å². The van der Waals surface area contributed by atoms with Gasteiger partial charge in [0.1, 0.15) is 5.82 Å². The number of hydrogen-bond donors (Lipinski definition) is 1. The first-order valence-electron chi connectivity index (χ1n) is 11.3. The van der Waals surface area contributed by atoms with E-state index in [-0.39, 0.29) is 24.2 Å². The molecule has 3 aromatic rings. The van der Waals surface area contributed by atoms with Crippen LogP contribution in [0.2, 0.25) is 0 Å². The molecule has 6 heteroatoms. The molecule has 2 aliphatic heterocycles. The summed E-state index contributed by atoms with van der Waals surface area (Å²) in [6, 6.07) is 16.1. The number of anilines is 1. The summed E-state index contributed by atoms with van der Waals surface area (Å²) >= 11 is 0. The third-order valence-corrected chi connectivity index (χ3v) is 6.48. The molecule has 5 rings (SSSR count). The molecule has 0 aliphatic carbocycles. The third-order valence-electron chi connectivity index (χ3n) is 6.48. The number of rotatable bonds is 5. The first kappa shape index (κ1) is 19.8. The Bertz CT molecular complexity index is 1110. The fourth-order valence-electron chi connectivity index (χ4n) is 4.74. The van der Waals surface area contributed by atoms with Gasteiger partial charge in [-0.1, -0.05) is 36.8 Å². The van der Waals surface area contributed by atoms with Gasteiger partial charge in [-0.25, -0.2) is 4.98 Å². The number of nitrogens with zero attached hydrogens (tertiary/aromatic N) is 3. The first-order valence-corrected chi connectivity index (χ1v) is 11.3. The van der Waals surface area contributed by atoms with E-state index in [0.717, 1.165) is 41.9 Å². The van der Waals surface area contributed by atoms with Crippen LogP contribution in [0.5, 0.6) is 0 Å². The summed E-state index contributed by atoms with van der Waals surface area (Å²) in [4.78, 5) is 31.9. The van der Waals surface area contributed by atoms with E-state index in [2.05, 4.69) is 28.1 Å². The number of likely N-dealkylation sites (tertiary alicyclic amines) is 1. The monoisotopic (exact) mass is 416 g/mol. The van der Waals surface area contributed by atoms with Crippen LogP contribution in [-0.2, 0) is 29.0 Å². The number of hydrogen-bond acceptors (Lipinski definition) is 3. The quantitative estimate of drug-likeness (QED) is 0.688. The summed E-state index contributed by atoms with van der Waals surface area (Å²) < 4.78 is 2.31. The van der Waals surface area contributed by atoms with Crippen molar-refractivity contribution in [2.75, 3.05) is 18.4 Å². The number of aryl methyl sites for hydroxylation is 2. The van der Waals surface area contributed by atoms with Crippen molar-refractivity contribution in [3.8, 4) is 0 Å². The standard InChI is InChI=1S/C25H28N4O2/c30-24-15-19(17-28(24)14-12-18-7-3-1-4-8-18)25(31)26-20-10-11-22-21(16-20)27-23-9-5-2-6-13-29(22)23/h1,3-4,7-8,10-11,16,19H,2,5-6,9,12-15,17H2,(H,26,31)/t19-/m1/s1. The van der Waals surface area contributed by atoms with Crippen molar-refractivity contribution in [3.63, 3.8) is 0 Å². The number of aromatic nitrogens is 2. The van der Waals surface area contributed by atoms with Crippen molar-refractivity contribution in [2.45, 2.75) is 45.1 Å². The van der Waals surface area contributed by atoms with Gasteiger partial charge in [0.05, 0.1) is 17.0 Å². The second kappa shape index (κ2) is 8.53. The van der Waals surface area contributed by atoms with E-state index < -0.39 is 0 Å². The number of fused-ring (bicyclic) bond motifs is 3. The molecule has 0 unspecified atom stereocenters. The van der Waals surface area contributed by atoms with Crippen LogP contribution in [0.4, 0.5) is 5.69 Å². The molecule has 1 atom stereocenters. The maximum Gasteiger partial charge on any atom is 0.229 e. The minimum atomic E-state index is -0.308. The second-order valence-electron chi connectivity index (χ2n) is 8.66. The molecule has 31 heavy (non-hydrogen) atoms. The van der Waals surface area contributed by atoms with Crippen molar-refractivity contribution in [1.29, 1.82) is 0 Å². The molecule has 1 aromatic heterocycles. The van der Waals surface area contributed by atoms with E-state index in [4.69, 9.17) is 4.98 Å². The molecular weight excluding hydrogens is 388 g/mol. The van der Waals surface area contributed by atoms with Crippen LogP contribution in [0.1, 0.15) is 37.1 Å². The number of nitrogens with one attached hydrogen (secondary N) is 1. The highest BCUT2D eigenvalue weighted by atomic mass is 16.2. The SMILES string of the molecule is O=C(Nc1ccc2c(c1)nc1n2CCCCC1)[C@@H]1CC(=O)N(CCc2ccccc2)C1. The molecular formula is C25H28N4O2. The summed E-state index contributed by atoms with van der Waals surface area (Å²) in [5.41, 5.74) is 4.02. The smallest absolute Gasteiger partial charge is 0.229 e. The fourth-order valence-corrected chi connectivity index (χ4v) is 4.74. The van der Waals surface area contributed by atoms with E-state index in [1.807, 2.05) is 35.2 Å². The maximum atomic E-state index is 12.8. The van der Waals surface area contributed by atoms with E-state index in [9.17, 15) is 9.59 Å². The average molecular weight is 417 g/mol. The predicted octanol–water partition coefficient (Wildman–Crippen LogP) is 3.79. The number of imidazole rings is 1. The van der Waals surface area contributed by atoms with Gasteiger partial charge >= 0.3 is 0 Å². The highest BCUT2D eigenvalue weighted by Gasteiger charge is 2.34. The molecule has 1 fully saturated rings. The van der Waals surface area contributed by atoms with Gasteiger partial charge in [-0.15, -0.1) is 0 Å². The van der Waals surface area contributed by atoms with E-state index >= 15 is 0 Å². The lowest BCUT2D eigenvalue weighted by molar-refractivity contribution is -0.128. The molecule has 2 aromatic carbocycles. The third kappa shape index (κ3) is 4.20. The lowest BCUT2D eigenvalue weighted by Crippen LogP contribution is -2.30. The van der Waals surface area contributed by atoms with Gasteiger partial charge in [0.2, 0.25) is 11.8 Å². The molecule has 3 heterocycles. The van der Waals surface area contributed by atoms with Gasteiger partial charge in [0.15, 0.2) is 0 Å². The van der Waals surface area contributed by atoms with Crippen LogP contribution in [0.3, 0.4) is 0 Å². The molecule has 0 spiro atoms. The summed E-state index contributed by atoms with van der Waals surface area (Å²) in [6.45, 7) is 2.15. The Kier molecular flexibility index (Phi) is 5.45. The summed E-state index contributed by atoms with van der Waals surface area (Å²) in [6.07, 6.45) is 5.72. The Hall–Kier alpha value is -3.15. The number of carbonyl (C=O) groups excluding carboxylic acids is 2. The molecule has 160 valence electrons. The van der Waals surface area contributed by atoms with Crippen molar-refractivity contribution in [1.82, 2.24) is 14.5 Å². The highest BCUT2D eigenvalue weighted by Crippen LogP contribution is 2.26. The molecule has 1 saturated heterocycles. The molecule has 6 nitrogen and oxygen atoms in total. The summed E-state index contributed by atoms with van der Waals surface area (Å²) in [5.74, 6) is 0.809. The Morgan fingerprint density at radius 3 is 2.84 bits per heavy atom. The summed E-state index contributed by atoms with van der Waals surface area (Å²) in [5, 5.41) is 3.02. The zero-order chi connectivity index (χ0) is 21.2. The molecule has 0 bridgehead atoms. The lowest BCUT2D eigenvalue weighted by Gasteiger charge is -2.16. The lowest BCUT2D eigenvalue weighted by atomic mass is 10.1. The highest BCUT2D eigenvalue weighted by molar-refractivity contribution is 5.98. The van der Waals surface area contributed by atoms with Gasteiger partial charge in [-0.2, -0.15) is 0 Å². The largest absolute Gasteiger partial charge is 0.342 e. The van der Waals surface area contributed by atoms with Crippen LogP contribution in [-0.4, -0.2) is 39.4 Å². The van der Waals surface area contributed by atoms with E-state index in [0.29, 0.717) is 13.1 Å². The van der Waals surface area contributed by atoms with E-state index in [1.165, 1.54) is 24.8 Å². The van der Waals surface area contributed by atoms with Crippen LogP contribution >= 0.6 is 0 Å². The average Bonchev–Trinajstić information content (AvgIpc) is 3.23. The van der Waals surface area contributed by atoms with Crippen LogP contribution < -0.4 is 5.32 Å².